The topological polar surface area (TPSA) is 76.4 Å². The number of rotatable bonds is 7. The Morgan fingerprint density at radius 1 is 1.22 bits per heavy atom. The van der Waals surface area contributed by atoms with Gasteiger partial charge in [0.2, 0.25) is 0 Å². The maximum atomic E-state index is 5.11. The number of aromatic nitrogens is 3. The summed E-state index contributed by atoms with van der Waals surface area (Å²) in [6.07, 6.45) is 1.54. The molecule has 0 unspecified atom stereocenters. The van der Waals surface area contributed by atoms with Gasteiger partial charge in [0.05, 0.1) is 19.7 Å². The monoisotopic (exact) mass is 316 g/mol. The summed E-state index contributed by atoms with van der Waals surface area (Å²) in [4.78, 5) is 8.78. The minimum atomic E-state index is 0.578. The average molecular weight is 316 g/mol. The van der Waals surface area contributed by atoms with E-state index in [9.17, 15) is 0 Å². The third-order valence-corrected chi connectivity index (χ3v) is 3.32. The number of hydrogen-bond donors (Lipinski definition) is 2. The predicted molar refractivity (Wildman–Crippen MR) is 89.8 cm³/mol. The third-order valence-electron chi connectivity index (χ3n) is 3.32. The maximum absolute atomic E-state index is 5.11. The second-order valence-electron chi connectivity index (χ2n) is 5.10. The molecule has 2 N–H and O–H groups in total. The lowest BCUT2D eigenvalue weighted by Gasteiger charge is -2.11. The molecule has 2 aromatic rings. The molecule has 0 bridgehead atoms. The van der Waals surface area contributed by atoms with E-state index in [0.29, 0.717) is 19.7 Å². The fourth-order valence-electron chi connectivity index (χ4n) is 2.06. The third kappa shape index (κ3) is 5.37. The van der Waals surface area contributed by atoms with Crippen LogP contribution in [0.1, 0.15) is 23.9 Å². The number of methoxy groups -OCH3 is 1. The number of benzene rings is 1. The minimum absolute atomic E-state index is 0.578. The summed E-state index contributed by atoms with van der Waals surface area (Å²) >= 11 is 0. The van der Waals surface area contributed by atoms with Crippen molar-refractivity contribution in [3.63, 3.8) is 0 Å². The first kappa shape index (κ1) is 17.0. The number of nitrogens with one attached hydrogen (secondary N) is 2. The Morgan fingerprint density at radius 3 is 2.57 bits per heavy atom. The SMILES string of the molecule is CCNC(=NCc1ccc(COC)cc1)NCc1ncnn1C. The highest BCUT2D eigenvalue weighted by molar-refractivity contribution is 5.79. The van der Waals surface area contributed by atoms with Gasteiger partial charge in [-0.05, 0) is 18.1 Å². The zero-order valence-corrected chi connectivity index (χ0v) is 13.9. The molecule has 0 atom stereocenters. The van der Waals surface area contributed by atoms with Crippen molar-refractivity contribution in [2.45, 2.75) is 26.6 Å². The van der Waals surface area contributed by atoms with Crippen molar-refractivity contribution in [2.24, 2.45) is 12.0 Å². The maximum Gasteiger partial charge on any atom is 0.191 e. The van der Waals surface area contributed by atoms with Crippen LogP contribution in [0.4, 0.5) is 0 Å². The summed E-state index contributed by atoms with van der Waals surface area (Å²) in [7, 11) is 3.57. The zero-order valence-electron chi connectivity index (χ0n) is 13.9. The second-order valence-corrected chi connectivity index (χ2v) is 5.10. The van der Waals surface area contributed by atoms with Gasteiger partial charge in [-0.25, -0.2) is 9.98 Å². The van der Waals surface area contributed by atoms with Crippen LogP contribution >= 0.6 is 0 Å². The van der Waals surface area contributed by atoms with Crippen molar-refractivity contribution in [1.82, 2.24) is 25.4 Å². The van der Waals surface area contributed by atoms with Crippen LogP contribution in [-0.2, 0) is 31.5 Å². The smallest absolute Gasteiger partial charge is 0.191 e. The van der Waals surface area contributed by atoms with Crippen LogP contribution < -0.4 is 10.6 Å². The van der Waals surface area contributed by atoms with E-state index < -0.39 is 0 Å². The number of nitrogens with zero attached hydrogens (tertiary/aromatic N) is 4. The average Bonchev–Trinajstić information content (AvgIpc) is 2.97. The van der Waals surface area contributed by atoms with E-state index in [1.807, 2.05) is 14.0 Å². The van der Waals surface area contributed by atoms with Gasteiger partial charge in [-0.15, -0.1) is 0 Å². The number of hydrogen-bond acceptors (Lipinski definition) is 4. The Balaban J connectivity index is 1.93. The second kappa shape index (κ2) is 8.89. The summed E-state index contributed by atoms with van der Waals surface area (Å²) in [5, 5.41) is 10.5. The first-order valence-corrected chi connectivity index (χ1v) is 7.64. The molecule has 7 heteroatoms. The molecule has 0 spiro atoms. The van der Waals surface area contributed by atoms with Crippen LogP contribution in [0, 0.1) is 0 Å². The van der Waals surface area contributed by atoms with E-state index in [2.05, 4.69) is 50.0 Å². The molecule has 7 nitrogen and oxygen atoms in total. The van der Waals surface area contributed by atoms with Gasteiger partial charge in [-0.3, -0.25) is 4.68 Å². The zero-order chi connectivity index (χ0) is 16.5. The molecule has 1 aromatic heterocycles. The molecule has 0 aliphatic carbocycles. The standard InChI is InChI=1S/C16H24N6O/c1-4-17-16(19-10-15-20-12-21-22(15)2)18-9-13-5-7-14(8-6-13)11-23-3/h5-8,12H,4,9-11H2,1-3H3,(H2,17,18,19). The molecule has 0 amide bonds. The number of ether oxygens (including phenoxy) is 1. The van der Waals surface area contributed by atoms with E-state index >= 15 is 0 Å². The largest absolute Gasteiger partial charge is 0.380 e. The Bertz CT molecular complexity index is 620. The van der Waals surface area contributed by atoms with Crippen molar-refractivity contribution in [2.75, 3.05) is 13.7 Å². The van der Waals surface area contributed by atoms with Gasteiger partial charge >= 0.3 is 0 Å². The molecule has 2 rings (SSSR count). The number of aliphatic imine (C=N–C) groups is 1. The lowest BCUT2D eigenvalue weighted by atomic mass is 10.1. The summed E-state index contributed by atoms with van der Waals surface area (Å²) < 4.78 is 6.86. The molecule has 0 aliphatic heterocycles. The van der Waals surface area contributed by atoms with Gasteiger partial charge in [0.15, 0.2) is 5.96 Å². The van der Waals surface area contributed by atoms with Crippen LogP contribution in [-0.4, -0.2) is 34.4 Å². The van der Waals surface area contributed by atoms with Crippen LogP contribution in [0.25, 0.3) is 0 Å². The van der Waals surface area contributed by atoms with E-state index in [1.165, 1.54) is 0 Å². The highest BCUT2D eigenvalue weighted by Crippen LogP contribution is 2.06. The van der Waals surface area contributed by atoms with E-state index in [-0.39, 0.29) is 0 Å². The van der Waals surface area contributed by atoms with Crippen LogP contribution in [0.15, 0.2) is 35.6 Å². The summed E-state index contributed by atoms with van der Waals surface area (Å²) in [5.41, 5.74) is 2.31. The van der Waals surface area contributed by atoms with E-state index in [4.69, 9.17) is 4.74 Å². The fourth-order valence-corrected chi connectivity index (χ4v) is 2.06. The van der Waals surface area contributed by atoms with Gasteiger partial charge in [0, 0.05) is 20.7 Å². The normalized spacial score (nSPS) is 11.5. The summed E-state index contributed by atoms with van der Waals surface area (Å²) in [6.45, 7) is 4.67. The lowest BCUT2D eigenvalue weighted by Crippen LogP contribution is -2.37. The molecule has 0 aliphatic rings. The Morgan fingerprint density at radius 2 is 1.96 bits per heavy atom. The van der Waals surface area contributed by atoms with Crippen LogP contribution in [0.3, 0.4) is 0 Å². The predicted octanol–water partition coefficient (Wildman–Crippen LogP) is 1.22. The van der Waals surface area contributed by atoms with E-state index in [0.717, 1.165) is 29.5 Å². The van der Waals surface area contributed by atoms with Crippen molar-refractivity contribution in [1.29, 1.82) is 0 Å². The van der Waals surface area contributed by atoms with Gasteiger partial charge in [-0.2, -0.15) is 5.10 Å². The highest BCUT2D eigenvalue weighted by Gasteiger charge is 2.02. The fraction of sp³-hybridized carbons (Fsp3) is 0.438. The molecule has 0 saturated heterocycles. The van der Waals surface area contributed by atoms with Gasteiger partial charge in [-0.1, -0.05) is 24.3 Å². The van der Waals surface area contributed by atoms with Crippen LogP contribution in [0.2, 0.25) is 0 Å². The van der Waals surface area contributed by atoms with Gasteiger partial charge in [0.1, 0.15) is 12.2 Å². The van der Waals surface area contributed by atoms with Crippen molar-refractivity contribution in [3.8, 4) is 0 Å². The lowest BCUT2D eigenvalue weighted by molar-refractivity contribution is 0.185. The molecule has 0 fully saturated rings. The quantitative estimate of drug-likeness (QED) is 0.593. The highest BCUT2D eigenvalue weighted by atomic mass is 16.5. The van der Waals surface area contributed by atoms with E-state index in [1.54, 1.807) is 18.1 Å². The molecule has 23 heavy (non-hydrogen) atoms. The molecule has 0 radical (unpaired) electrons. The molecular weight excluding hydrogens is 292 g/mol. The molecule has 124 valence electrons. The molecule has 1 aromatic carbocycles. The first-order chi connectivity index (χ1) is 11.2. The summed E-state index contributed by atoms with van der Waals surface area (Å²) in [6, 6.07) is 8.27. The summed E-state index contributed by atoms with van der Waals surface area (Å²) in [5.74, 6) is 1.62. The van der Waals surface area contributed by atoms with Crippen molar-refractivity contribution >= 4 is 5.96 Å². The van der Waals surface area contributed by atoms with Crippen LogP contribution in [0.5, 0.6) is 0 Å². The minimum Gasteiger partial charge on any atom is -0.380 e. The van der Waals surface area contributed by atoms with Crippen molar-refractivity contribution in [3.05, 3.63) is 47.5 Å². The Kier molecular flexibility index (Phi) is 6.56. The van der Waals surface area contributed by atoms with Gasteiger partial charge < -0.3 is 15.4 Å². The van der Waals surface area contributed by atoms with Crippen molar-refractivity contribution < 1.29 is 4.74 Å². The first-order valence-electron chi connectivity index (χ1n) is 7.64. The molecular formula is C16H24N6O. The number of aryl methyl sites for hydroxylation is 1. The van der Waals surface area contributed by atoms with Gasteiger partial charge in [0.25, 0.3) is 0 Å². The molecule has 1 heterocycles. The number of guanidine groups is 1. The molecule has 0 saturated carbocycles. The Labute approximate surface area is 136 Å². The Hall–Kier alpha value is -2.41.